The fourth-order valence-electron chi connectivity index (χ4n) is 4.29. The average Bonchev–Trinajstić information content (AvgIpc) is 3.44. The number of hydrogen-bond acceptors (Lipinski definition) is 4. The van der Waals surface area contributed by atoms with Crippen LogP contribution in [-0.4, -0.2) is 33.7 Å². The van der Waals surface area contributed by atoms with Crippen molar-refractivity contribution in [2.75, 3.05) is 18.0 Å². The van der Waals surface area contributed by atoms with Gasteiger partial charge in [0, 0.05) is 49.0 Å². The Morgan fingerprint density at radius 2 is 1.93 bits per heavy atom. The first-order valence-corrected chi connectivity index (χ1v) is 9.79. The lowest BCUT2D eigenvalue weighted by Gasteiger charge is -2.21. The second kappa shape index (κ2) is 6.69. The molecule has 1 aliphatic carbocycles. The van der Waals surface area contributed by atoms with Crippen LogP contribution in [0.1, 0.15) is 47.1 Å². The largest absolute Gasteiger partial charge is 0.477 e. The first kappa shape index (κ1) is 17.8. The number of anilines is 1. The Labute approximate surface area is 166 Å². The Kier molecular flexibility index (Phi) is 4.12. The van der Waals surface area contributed by atoms with E-state index in [-0.39, 0.29) is 17.0 Å². The number of carboxylic acid groups (broad SMARTS) is 1. The molecule has 1 atom stereocenters. The zero-order chi connectivity index (χ0) is 20.1. The van der Waals surface area contributed by atoms with E-state index in [1.807, 2.05) is 21.6 Å². The third-order valence-electron chi connectivity index (χ3n) is 5.98. The van der Waals surface area contributed by atoms with E-state index >= 15 is 4.39 Å². The van der Waals surface area contributed by atoms with Crippen LogP contribution in [0, 0.1) is 5.82 Å². The molecule has 0 amide bonds. The molecule has 7 heteroatoms. The van der Waals surface area contributed by atoms with Gasteiger partial charge in [-0.25, -0.2) is 9.18 Å². The van der Waals surface area contributed by atoms with Crippen molar-refractivity contribution in [1.29, 1.82) is 0 Å². The topological polar surface area (TPSA) is 75.4 Å². The zero-order valence-corrected chi connectivity index (χ0v) is 15.7. The summed E-state index contributed by atoms with van der Waals surface area (Å²) in [7, 11) is 0. The highest BCUT2D eigenvalue weighted by Crippen LogP contribution is 2.39. The zero-order valence-electron chi connectivity index (χ0n) is 15.7. The Balaban J connectivity index is 1.58. The molecule has 148 valence electrons. The van der Waals surface area contributed by atoms with Crippen LogP contribution < -0.4 is 10.3 Å². The predicted molar refractivity (Wildman–Crippen MR) is 107 cm³/mol. The molecule has 1 unspecified atom stereocenters. The van der Waals surface area contributed by atoms with Crippen molar-refractivity contribution < 1.29 is 14.3 Å². The summed E-state index contributed by atoms with van der Waals surface area (Å²) in [6.07, 6.45) is 7.71. The number of carboxylic acids is 1. The number of aromatic nitrogens is 2. The fourth-order valence-corrected chi connectivity index (χ4v) is 4.29. The molecule has 1 N–H and O–H groups in total. The monoisotopic (exact) mass is 393 g/mol. The van der Waals surface area contributed by atoms with Crippen LogP contribution in [0.3, 0.4) is 0 Å². The molecule has 1 saturated heterocycles. The van der Waals surface area contributed by atoms with Gasteiger partial charge in [0.15, 0.2) is 0 Å². The molecule has 3 aromatic rings. The molecular weight excluding hydrogens is 373 g/mol. The van der Waals surface area contributed by atoms with Crippen LogP contribution in [0.2, 0.25) is 0 Å². The van der Waals surface area contributed by atoms with Crippen LogP contribution in [0.5, 0.6) is 0 Å². The normalized spacial score (nSPS) is 19.1. The minimum absolute atomic E-state index is 0.128. The molecule has 5 rings (SSSR count). The van der Waals surface area contributed by atoms with E-state index in [4.69, 9.17) is 0 Å². The summed E-state index contributed by atoms with van der Waals surface area (Å²) in [5.41, 5.74) is 1.31. The Bertz CT molecular complexity index is 1170. The number of pyridine rings is 2. The van der Waals surface area contributed by atoms with Gasteiger partial charge in [-0.3, -0.25) is 9.78 Å². The lowest BCUT2D eigenvalue weighted by atomic mass is 10.00. The smallest absolute Gasteiger partial charge is 0.341 e. The van der Waals surface area contributed by atoms with Crippen molar-refractivity contribution in [1.82, 2.24) is 9.55 Å². The molecule has 1 aliphatic heterocycles. The standard InChI is InChI=1S/C22H20FN3O3/c23-18-9-16-19(26(15-1-2-15)12-17(21(16)27)22(28)29)10-20(18)25-8-5-14(11-25)13-3-6-24-7-4-13/h3-4,6-7,9-10,12,14-15H,1-2,5,8,11H2,(H,28,29). The number of benzene rings is 1. The number of nitrogens with zero attached hydrogens (tertiary/aromatic N) is 3. The molecule has 2 aromatic heterocycles. The van der Waals surface area contributed by atoms with Crippen LogP contribution in [0.4, 0.5) is 10.1 Å². The summed E-state index contributed by atoms with van der Waals surface area (Å²) in [6.45, 7) is 1.41. The number of aromatic carboxylic acids is 1. The second-order valence-corrected chi connectivity index (χ2v) is 7.85. The van der Waals surface area contributed by atoms with Gasteiger partial charge in [0.2, 0.25) is 5.43 Å². The number of fused-ring (bicyclic) bond motifs is 1. The van der Waals surface area contributed by atoms with Gasteiger partial charge in [0.05, 0.1) is 11.2 Å². The Hall–Kier alpha value is -3.22. The van der Waals surface area contributed by atoms with Crippen molar-refractivity contribution in [2.24, 2.45) is 0 Å². The molecule has 0 spiro atoms. The highest BCUT2D eigenvalue weighted by atomic mass is 19.1. The maximum absolute atomic E-state index is 15.0. The first-order valence-electron chi connectivity index (χ1n) is 9.79. The molecule has 2 fully saturated rings. The molecule has 6 nitrogen and oxygen atoms in total. The molecular formula is C22H20FN3O3. The minimum atomic E-state index is -1.28. The minimum Gasteiger partial charge on any atom is -0.477 e. The van der Waals surface area contributed by atoms with Crippen molar-refractivity contribution in [3.05, 3.63) is 70.0 Å². The number of carbonyl (C=O) groups is 1. The number of hydrogen-bond donors (Lipinski definition) is 1. The molecule has 1 aromatic carbocycles. The summed E-state index contributed by atoms with van der Waals surface area (Å²) >= 11 is 0. The number of halogens is 1. The van der Waals surface area contributed by atoms with Gasteiger partial charge in [0.25, 0.3) is 0 Å². The highest BCUT2D eigenvalue weighted by molar-refractivity contribution is 5.93. The lowest BCUT2D eigenvalue weighted by Crippen LogP contribution is -2.22. The van der Waals surface area contributed by atoms with Crippen molar-refractivity contribution >= 4 is 22.6 Å². The van der Waals surface area contributed by atoms with Crippen LogP contribution in [0.15, 0.2) is 47.7 Å². The predicted octanol–water partition coefficient (Wildman–Crippen LogP) is 3.56. The van der Waals surface area contributed by atoms with E-state index < -0.39 is 17.2 Å². The van der Waals surface area contributed by atoms with Crippen molar-refractivity contribution in [2.45, 2.75) is 31.2 Å². The van der Waals surface area contributed by atoms with Crippen LogP contribution in [-0.2, 0) is 0 Å². The average molecular weight is 393 g/mol. The van der Waals surface area contributed by atoms with Crippen molar-refractivity contribution in [3.63, 3.8) is 0 Å². The van der Waals surface area contributed by atoms with Gasteiger partial charge in [-0.1, -0.05) is 0 Å². The Morgan fingerprint density at radius 1 is 1.17 bits per heavy atom. The molecule has 1 saturated carbocycles. The molecule has 0 radical (unpaired) electrons. The second-order valence-electron chi connectivity index (χ2n) is 7.85. The lowest BCUT2D eigenvalue weighted by molar-refractivity contribution is 0.0695. The SMILES string of the molecule is O=C(O)c1cn(C2CC2)c2cc(N3CCC(c4ccncc4)C3)c(F)cc2c1=O. The van der Waals surface area contributed by atoms with Gasteiger partial charge in [-0.05, 0) is 49.1 Å². The van der Waals surface area contributed by atoms with Gasteiger partial charge in [-0.2, -0.15) is 0 Å². The van der Waals surface area contributed by atoms with E-state index in [0.717, 1.165) is 25.8 Å². The third kappa shape index (κ3) is 3.06. The van der Waals surface area contributed by atoms with Gasteiger partial charge < -0.3 is 14.6 Å². The van der Waals surface area contributed by atoms with Crippen LogP contribution in [0.25, 0.3) is 10.9 Å². The van der Waals surface area contributed by atoms with E-state index in [1.165, 1.54) is 17.8 Å². The first-order chi connectivity index (χ1) is 14.0. The maximum atomic E-state index is 15.0. The van der Waals surface area contributed by atoms with Gasteiger partial charge in [-0.15, -0.1) is 0 Å². The van der Waals surface area contributed by atoms with E-state index in [9.17, 15) is 14.7 Å². The van der Waals surface area contributed by atoms with Gasteiger partial charge >= 0.3 is 5.97 Å². The molecule has 2 aliphatic rings. The molecule has 3 heterocycles. The number of rotatable bonds is 4. The summed E-state index contributed by atoms with van der Waals surface area (Å²) in [6, 6.07) is 7.06. The molecule has 29 heavy (non-hydrogen) atoms. The maximum Gasteiger partial charge on any atom is 0.341 e. The van der Waals surface area contributed by atoms with Gasteiger partial charge in [0.1, 0.15) is 11.4 Å². The summed E-state index contributed by atoms with van der Waals surface area (Å²) in [5, 5.41) is 9.49. The summed E-state index contributed by atoms with van der Waals surface area (Å²) in [4.78, 5) is 30.1. The van der Waals surface area contributed by atoms with E-state index in [2.05, 4.69) is 4.98 Å². The fraction of sp³-hybridized carbons (Fsp3) is 0.318. The van der Waals surface area contributed by atoms with Crippen LogP contribution >= 0.6 is 0 Å². The summed E-state index contributed by atoms with van der Waals surface area (Å²) in [5.74, 6) is -1.47. The summed E-state index contributed by atoms with van der Waals surface area (Å²) < 4.78 is 16.8. The molecule has 0 bridgehead atoms. The third-order valence-corrected chi connectivity index (χ3v) is 5.98. The Morgan fingerprint density at radius 3 is 2.62 bits per heavy atom. The highest BCUT2D eigenvalue weighted by Gasteiger charge is 2.30. The van der Waals surface area contributed by atoms with Crippen molar-refractivity contribution in [3.8, 4) is 0 Å². The quantitative estimate of drug-likeness (QED) is 0.734. The van der Waals surface area contributed by atoms with E-state index in [0.29, 0.717) is 23.7 Å². The van der Waals surface area contributed by atoms with E-state index in [1.54, 1.807) is 18.5 Å².